The van der Waals surface area contributed by atoms with Crippen molar-refractivity contribution in [1.29, 1.82) is 0 Å². The van der Waals surface area contributed by atoms with Crippen LogP contribution in [-0.4, -0.2) is 16.1 Å². The SMILES string of the molecule is C[Si](C)(C)c1cc[c-]([Si](C)(C)C)c1.[Cl-].[Cl-].[Ti+3]. The second-order valence-corrected chi connectivity index (χ2v) is 16.0. The molecular formula is C11H21Cl2Si2Ti. The van der Waals surface area contributed by atoms with Gasteiger partial charge in [0.25, 0.3) is 0 Å². The topological polar surface area (TPSA) is 0 Å². The fourth-order valence-corrected chi connectivity index (χ4v) is 3.86. The van der Waals surface area contributed by atoms with Crippen molar-refractivity contribution in [2.45, 2.75) is 39.3 Å². The molecule has 1 rings (SSSR count). The maximum Gasteiger partial charge on any atom is 3.00 e. The fraction of sp³-hybridized carbons (Fsp3) is 0.545. The van der Waals surface area contributed by atoms with E-state index in [2.05, 4.69) is 57.5 Å². The van der Waals surface area contributed by atoms with E-state index in [-0.39, 0.29) is 46.5 Å². The summed E-state index contributed by atoms with van der Waals surface area (Å²) < 4.78 is 0. The maximum absolute atomic E-state index is 2.46. The smallest absolute Gasteiger partial charge is 1.00 e. The van der Waals surface area contributed by atoms with Crippen molar-refractivity contribution in [2.24, 2.45) is 0 Å². The van der Waals surface area contributed by atoms with Crippen LogP contribution < -0.4 is 35.2 Å². The van der Waals surface area contributed by atoms with Crippen LogP contribution in [0, 0.1) is 0 Å². The molecule has 0 spiro atoms. The molecule has 1 radical (unpaired) electrons. The number of rotatable bonds is 2. The van der Waals surface area contributed by atoms with Crippen molar-refractivity contribution in [3.05, 3.63) is 18.2 Å². The summed E-state index contributed by atoms with van der Waals surface area (Å²) in [6, 6.07) is 7.15. The Kier molecular flexibility index (Phi) is 10.4. The average Bonchev–Trinajstić information content (AvgIpc) is 2.28. The van der Waals surface area contributed by atoms with Crippen LogP contribution in [0.1, 0.15) is 0 Å². The van der Waals surface area contributed by atoms with Crippen molar-refractivity contribution in [3.8, 4) is 0 Å². The van der Waals surface area contributed by atoms with E-state index in [0.29, 0.717) is 0 Å². The van der Waals surface area contributed by atoms with E-state index in [0.717, 1.165) is 0 Å². The molecule has 0 heterocycles. The van der Waals surface area contributed by atoms with Crippen LogP contribution in [0.2, 0.25) is 39.3 Å². The number of hydrogen-bond acceptors (Lipinski definition) is 0. The Labute approximate surface area is 130 Å². The molecule has 0 fully saturated rings. The van der Waals surface area contributed by atoms with E-state index < -0.39 is 16.1 Å². The molecule has 0 saturated heterocycles. The van der Waals surface area contributed by atoms with E-state index in [1.165, 1.54) is 0 Å². The molecule has 0 atom stereocenters. The number of halogens is 2. The van der Waals surface area contributed by atoms with Gasteiger partial charge in [-0.15, -0.1) is 0 Å². The van der Waals surface area contributed by atoms with E-state index in [1.54, 1.807) is 10.4 Å². The Bertz CT molecular complexity index is 269. The molecule has 0 bridgehead atoms. The Morgan fingerprint density at radius 3 is 1.56 bits per heavy atom. The van der Waals surface area contributed by atoms with Gasteiger partial charge in [0.05, 0.1) is 0 Å². The normalized spacial score (nSPS) is 10.9. The van der Waals surface area contributed by atoms with Crippen LogP contribution in [-0.2, 0) is 21.7 Å². The van der Waals surface area contributed by atoms with Gasteiger partial charge in [0.1, 0.15) is 0 Å². The molecule has 0 aliphatic carbocycles. The standard InChI is InChI=1S/C11H21Si2.2ClH.Ti/c1-12(2,3)10-7-8-11(9-10)13(4,5)6;;;/h7-9H,1-6H3;2*1H;/q-1;;;+3/p-2. The minimum Gasteiger partial charge on any atom is -1.00 e. The maximum atomic E-state index is 2.46. The molecule has 91 valence electrons. The van der Waals surface area contributed by atoms with Crippen LogP contribution in [0.25, 0.3) is 0 Å². The first kappa shape index (κ1) is 22.3. The third-order valence-electron chi connectivity index (χ3n) is 2.49. The zero-order valence-corrected chi connectivity index (χ0v) is 16.1. The van der Waals surface area contributed by atoms with Crippen molar-refractivity contribution < 1.29 is 46.5 Å². The molecule has 0 aliphatic rings. The predicted octanol–water partition coefficient (Wildman–Crippen LogP) is -3.50. The zero-order valence-electron chi connectivity index (χ0n) is 11.0. The van der Waals surface area contributed by atoms with Crippen LogP contribution in [0.3, 0.4) is 0 Å². The molecule has 0 saturated carbocycles. The summed E-state index contributed by atoms with van der Waals surface area (Å²) in [5, 5.41) is 3.23. The first-order chi connectivity index (χ1) is 5.71. The summed E-state index contributed by atoms with van der Waals surface area (Å²) in [5.74, 6) is 0. The van der Waals surface area contributed by atoms with Gasteiger partial charge < -0.3 is 24.8 Å². The van der Waals surface area contributed by atoms with Gasteiger partial charge in [-0.25, -0.2) is 11.3 Å². The molecular weight excluding hydrogens is 307 g/mol. The van der Waals surface area contributed by atoms with Crippen molar-refractivity contribution >= 4 is 26.5 Å². The van der Waals surface area contributed by atoms with Gasteiger partial charge in [-0.1, -0.05) is 39.3 Å². The summed E-state index contributed by atoms with van der Waals surface area (Å²) >= 11 is 0. The Hall–Kier alpha value is 1.08. The van der Waals surface area contributed by atoms with Crippen LogP contribution in [0.5, 0.6) is 0 Å². The molecule has 0 aromatic heterocycles. The fourth-order valence-electron chi connectivity index (χ4n) is 1.38. The van der Waals surface area contributed by atoms with Gasteiger partial charge in [-0.3, -0.25) is 0 Å². The summed E-state index contributed by atoms with van der Waals surface area (Å²) in [4.78, 5) is 0. The molecule has 0 amide bonds. The van der Waals surface area contributed by atoms with Crippen LogP contribution >= 0.6 is 0 Å². The van der Waals surface area contributed by atoms with Crippen molar-refractivity contribution in [3.63, 3.8) is 0 Å². The second-order valence-electron chi connectivity index (χ2n) is 5.89. The molecule has 0 aliphatic heterocycles. The average molecular weight is 328 g/mol. The molecule has 1 aromatic rings. The summed E-state index contributed by atoms with van der Waals surface area (Å²) in [5.41, 5.74) is 0. The van der Waals surface area contributed by atoms with Gasteiger partial charge in [-0.05, 0) is 0 Å². The largest absolute Gasteiger partial charge is 3.00 e. The minimum absolute atomic E-state index is 0. The van der Waals surface area contributed by atoms with Gasteiger partial charge in [0.15, 0.2) is 0 Å². The van der Waals surface area contributed by atoms with E-state index >= 15 is 0 Å². The zero-order chi connectivity index (χ0) is 10.3. The molecule has 0 unspecified atom stereocenters. The van der Waals surface area contributed by atoms with Gasteiger partial charge >= 0.3 is 21.7 Å². The predicted molar refractivity (Wildman–Crippen MR) is 68.0 cm³/mol. The number of hydrogen-bond donors (Lipinski definition) is 0. The third-order valence-corrected chi connectivity index (χ3v) is 6.57. The van der Waals surface area contributed by atoms with Crippen LogP contribution in [0.4, 0.5) is 0 Å². The quantitative estimate of drug-likeness (QED) is 0.391. The first-order valence-corrected chi connectivity index (χ1v) is 12.0. The van der Waals surface area contributed by atoms with Gasteiger partial charge in [-0.2, -0.15) is 17.3 Å². The Morgan fingerprint density at radius 2 is 1.38 bits per heavy atom. The van der Waals surface area contributed by atoms with Crippen molar-refractivity contribution in [2.75, 3.05) is 0 Å². The monoisotopic (exact) mass is 327 g/mol. The molecule has 16 heavy (non-hydrogen) atoms. The van der Waals surface area contributed by atoms with Gasteiger partial charge in [0, 0.05) is 16.1 Å². The molecule has 5 heteroatoms. The molecule has 0 nitrogen and oxygen atoms in total. The first-order valence-electron chi connectivity index (χ1n) is 4.99. The minimum atomic E-state index is -1.07. The van der Waals surface area contributed by atoms with E-state index in [1.807, 2.05) is 0 Å². The van der Waals surface area contributed by atoms with Crippen LogP contribution in [0.15, 0.2) is 18.2 Å². The third kappa shape index (κ3) is 6.13. The Balaban J connectivity index is -0.000000563. The summed E-state index contributed by atoms with van der Waals surface area (Å²) in [7, 11) is -2.14. The summed E-state index contributed by atoms with van der Waals surface area (Å²) in [6.07, 6.45) is 0. The molecule has 1 aromatic carbocycles. The van der Waals surface area contributed by atoms with E-state index in [4.69, 9.17) is 0 Å². The van der Waals surface area contributed by atoms with Crippen molar-refractivity contribution in [1.82, 2.24) is 0 Å². The van der Waals surface area contributed by atoms with E-state index in [9.17, 15) is 0 Å². The second kappa shape index (κ2) is 7.50. The Morgan fingerprint density at radius 1 is 0.938 bits per heavy atom. The van der Waals surface area contributed by atoms with Gasteiger partial charge in [0.2, 0.25) is 0 Å². The molecule has 0 N–H and O–H groups in total. The summed E-state index contributed by atoms with van der Waals surface area (Å²) in [6.45, 7) is 14.5.